The fourth-order valence-corrected chi connectivity index (χ4v) is 1.85. The number of hydrazone groups is 1. The highest BCUT2D eigenvalue weighted by atomic mass is 16.2. The lowest BCUT2D eigenvalue weighted by Crippen LogP contribution is -2.31. The fourth-order valence-electron chi connectivity index (χ4n) is 1.85. The van der Waals surface area contributed by atoms with E-state index < -0.39 is 0 Å². The van der Waals surface area contributed by atoms with Gasteiger partial charge in [0.15, 0.2) is 0 Å². The highest BCUT2D eigenvalue weighted by molar-refractivity contribution is 6.07. The molecule has 1 aliphatic rings. The Morgan fingerprint density at radius 2 is 2.20 bits per heavy atom. The minimum absolute atomic E-state index is 0.0567. The number of hydrogen-bond donors (Lipinski definition) is 1. The molecule has 1 unspecified atom stereocenters. The molecule has 1 atom stereocenters. The van der Waals surface area contributed by atoms with Crippen LogP contribution >= 0.6 is 0 Å². The molecule has 0 aromatic rings. The van der Waals surface area contributed by atoms with Crippen LogP contribution in [0.1, 0.15) is 33.6 Å². The zero-order valence-corrected chi connectivity index (χ0v) is 9.86. The van der Waals surface area contributed by atoms with E-state index in [1.165, 1.54) is 0 Å². The third-order valence-corrected chi connectivity index (χ3v) is 2.56. The third kappa shape index (κ3) is 2.78. The molecule has 0 fully saturated rings. The van der Waals surface area contributed by atoms with E-state index in [9.17, 15) is 4.79 Å². The number of carbonyl (C=O) groups is 1. The van der Waals surface area contributed by atoms with Crippen molar-refractivity contribution in [2.45, 2.75) is 33.6 Å². The van der Waals surface area contributed by atoms with Gasteiger partial charge in [0.05, 0.1) is 11.6 Å². The number of carbonyl (C=O) groups excluding carboxylic acids is 1. The van der Waals surface area contributed by atoms with Crippen LogP contribution in [0.5, 0.6) is 0 Å². The summed E-state index contributed by atoms with van der Waals surface area (Å²) >= 11 is 0. The molecule has 86 valence electrons. The fraction of sp³-hybridized carbons (Fsp3) is 0.818. The SMILES string of the molecule is CCC1=NN(CC(C)C)C(=O)C1CCN. The van der Waals surface area contributed by atoms with Crippen molar-refractivity contribution in [1.82, 2.24) is 5.01 Å². The van der Waals surface area contributed by atoms with Crippen LogP contribution < -0.4 is 5.73 Å². The second-order valence-electron chi connectivity index (χ2n) is 4.39. The van der Waals surface area contributed by atoms with Gasteiger partial charge in [0.25, 0.3) is 5.91 Å². The predicted molar refractivity (Wildman–Crippen MR) is 61.4 cm³/mol. The molecule has 0 aromatic heterocycles. The van der Waals surface area contributed by atoms with Crippen LogP contribution in [0.4, 0.5) is 0 Å². The molecule has 0 radical (unpaired) electrons. The monoisotopic (exact) mass is 211 g/mol. The van der Waals surface area contributed by atoms with E-state index in [4.69, 9.17) is 5.73 Å². The van der Waals surface area contributed by atoms with Gasteiger partial charge >= 0.3 is 0 Å². The lowest BCUT2D eigenvalue weighted by atomic mass is 9.97. The van der Waals surface area contributed by atoms with Crippen molar-refractivity contribution < 1.29 is 4.79 Å². The van der Waals surface area contributed by atoms with Crippen molar-refractivity contribution in [1.29, 1.82) is 0 Å². The van der Waals surface area contributed by atoms with Gasteiger partial charge in [-0.25, -0.2) is 5.01 Å². The molecule has 0 aromatic carbocycles. The van der Waals surface area contributed by atoms with Gasteiger partial charge in [-0.3, -0.25) is 4.79 Å². The number of nitrogens with zero attached hydrogens (tertiary/aromatic N) is 2. The van der Waals surface area contributed by atoms with E-state index in [-0.39, 0.29) is 11.8 Å². The predicted octanol–water partition coefficient (Wildman–Crippen LogP) is 1.22. The van der Waals surface area contributed by atoms with E-state index >= 15 is 0 Å². The van der Waals surface area contributed by atoms with Crippen molar-refractivity contribution in [3.8, 4) is 0 Å². The number of amides is 1. The first-order valence-corrected chi connectivity index (χ1v) is 5.69. The smallest absolute Gasteiger partial charge is 0.251 e. The Bertz CT molecular complexity index is 261. The van der Waals surface area contributed by atoms with Crippen LogP contribution in [0, 0.1) is 11.8 Å². The molecule has 0 bridgehead atoms. The number of nitrogens with two attached hydrogens (primary N) is 1. The van der Waals surface area contributed by atoms with Crippen LogP contribution in [0.3, 0.4) is 0 Å². The molecule has 0 saturated heterocycles. The third-order valence-electron chi connectivity index (χ3n) is 2.56. The molecule has 15 heavy (non-hydrogen) atoms. The van der Waals surface area contributed by atoms with Crippen molar-refractivity contribution in [3.05, 3.63) is 0 Å². The molecular formula is C11H21N3O. The Hall–Kier alpha value is -0.900. The largest absolute Gasteiger partial charge is 0.330 e. The summed E-state index contributed by atoms with van der Waals surface area (Å²) in [6.07, 6.45) is 1.56. The maximum absolute atomic E-state index is 12.0. The van der Waals surface area contributed by atoms with Gasteiger partial charge in [0, 0.05) is 6.54 Å². The normalized spacial score (nSPS) is 21.4. The van der Waals surface area contributed by atoms with Crippen molar-refractivity contribution in [2.75, 3.05) is 13.1 Å². The minimum Gasteiger partial charge on any atom is -0.330 e. The van der Waals surface area contributed by atoms with E-state index in [0.29, 0.717) is 19.0 Å². The van der Waals surface area contributed by atoms with Gasteiger partial charge in [0.2, 0.25) is 0 Å². The molecule has 1 rings (SSSR count). The molecule has 4 heteroatoms. The topological polar surface area (TPSA) is 58.7 Å². The minimum atomic E-state index is -0.0567. The van der Waals surface area contributed by atoms with Gasteiger partial charge in [-0.15, -0.1) is 0 Å². The van der Waals surface area contributed by atoms with Gasteiger partial charge in [-0.1, -0.05) is 20.8 Å². The zero-order valence-electron chi connectivity index (χ0n) is 9.86. The van der Waals surface area contributed by atoms with Crippen LogP contribution in [-0.4, -0.2) is 29.7 Å². The van der Waals surface area contributed by atoms with Crippen molar-refractivity contribution in [3.63, 3.8) is 0 Å². The van der Waals surface area contributed by atoms with Gasteiger partial charge in [-0.2, -0.15) is 5.10 Å². The summed E-state index contributed by atoms with van der Waals surface area (Å²) in [6.45, 7) is 7.47. The summed E-state index contributed by atoms with van der Waals surface area (Å²) < 4.78 is 0. The Morgan fingerprint density at radius 1 is 1.53 bits per heavy atom. The Morgan fingerprint density at radius 3 is 2.67 bits per heavy atom. The Labute approximate surface area is 91.5 Å². The summed E-state index contributed by atoms with van der Waals surface area (Å²) in [7, 11) is 0. The quantitative estimate of drug-likeness (QED) is 0.743. The van der Waals surface area contributed by atoms with E-state index in [1.807, 2.05) is 6.92 Å². The second kappa shape index (κ2) is 5.26. The second-order valence-corrected chi connectivity index (χ2v) is 4.39. The first-order valence-electron chi connectivity index (χ1n) is 5.69. The summed E-state index contributed by atoms with van der Waals surface area (Å²) in [5, 5.41) is 5.99. The van der Waals surface area contributed by atoms with Crippen LogP contribution in [0.15, 0.2) is 5.10 Å². The molecule has 1 heterocycles. The number of hydrogen-bond acceptors (Lipinski definition) is 3. The highest BCUT2D eigenvalue weighted by Crippen LogP contribution is 2.21. The lowest BCUT2D eigenvalue weighted by molar-refractivity contribution is -0.132. The summed E-state index contributed by atoms with van der Waals surface area (Å²) in [5.74, 6) is 0.525. The molecule has 1 aliphatic heterocycles. The lowest BCUT2D eigenvalue weighted by Gasteiger charge is -2.15. The molecule has 0 aliphatic carbocycles. The van der Waals surface area contributed by atoms with Gasteiger partial charge < -0.3 is 5.73 Å². The van der Waals surface area contributed by atoms with E-state index in [0.717, 1.165) is 18.6 Å². The first-order chi connectivity index (χ1) is 7.10. The van der Waals surface area contributed by atoms with Crippen molar-refractivity contribution >= 4 is 11.6 Å². The van der Waals surface area contributed by atoms with Crippen LogP contribution in [-0.2, 0) is 4.79 Å². The molecule has 4 nitrogen and oxygen atoms in total. The van der Waals surface area contributed by atoms with E-state index in [2.05, 4.69) is 18.9 Å². The standard InChI is InChI=1S/C11H21N3O/c1-4-10-9(5-6-12)11(15)14(13-10)7-8(2)3/h8-9H,4-7,12H2,1-3H3. The molecule has 0 spiro atoms. The number of rotatable bonds is 5. The average Bonchev–Trinajstić information content (AvgIpc) is 2.46. The Balaban J connectivity index is 2.71. The van der Waals surface area contributed by atoms with Gasteiger partial charge in [-0.05, 0) is 25.3 Å². The van der Waals surface area contributed by atoms with Gasteiger partial charge in [0.1, 0.15) is 0 Å². The summed E-state index contributed by atoms with van der Waals surface area (Å²) in [4.78, 5) is 12.0. The molecule has 0 saturated carbocycles. The van der Waals surface area contributed by atoms with Crippen LogP contribution in [0.2, 0.25) is 0 Å². The molecule has 1 amide bonds. The Kier molecular flexibility index (Phi) is 4.27. The summed E-state index contributed by atoms with van der Waals surface area (Å²) in [6, 6.07) is 0. The zero-order chi connectivity index (χ0) is 11.4. The first kappa shape index (κ1) is 12.2. The maximum atomic E-state index is 12.0. The summed E-state index contributed by atoms with van der Waals surface area (Å²) in [5.41, 5.74) is 6.50. The van der Waals surface area contributed by atoms with Crippen molar-refractivity contribution in [2.24, 2.45) is 22.7 Å². The molecular weight excluding hydrogens is 190 g/mol. The molecule has 2 N–H and O–H groups in total. The van der Waals surface area contributed by atoms with Crippen LogP contribution in [0.25, 0.3) is 0 Å². The van der Waals surface area contributed by atoms with E-state index in [1.54, 1.807) is 5.01 Å². The average molecular weight is 211 g/mol. The highest BCUT2D eigenvalue weighted by Gasteiger charge is 2.33. The maximum Gasteiger partial charge on any atom is 0.251 e.